The van der Waals surface area contributed by atoms with Gasteiger partial charge in [-0.1, -0.05) is 11.6 Å². The highest BCUT2D eigenvalue weighted by Gasteiger charge is 2.45. The van der Waals surface area contributed by atoms with Gasteiger partial charge in [-0.05, 0) is 37.0 Å². The Kier molecular flexibility index (Phi) is 5.96. The lowest BCUT2D eigenvalue weighted by molar-refractivity contribution is -0.207. The predicted octanol–water partition coefficient (Wildman–Crippen LogP) is 1.89. The molecule has 5 rings (SSSR count). The molecule has 1 amide bonds. The number of alkyl halides is 3. The number of hydrogen-bond acceptors (Lipinski definition) is 8. The maximum absolute atomic E-state index is 13.7. The Morgan fingerprint density at radius 1 is 1.31 bits per heavy atom. The third-order valence-electron chi connectivity index (χ3n) is 6.59. The zero-order chi connectivity index (χ0) is 25.8. The van der Waals surface area contributed by atoms with Crippen LogP contribution in [0.3, 0.4) is 0 Å². The molecule has 2 atom stereocenters. The van der Waals surface area contributed by atoms with Crippen LogP contribution < -0.4 is 21.7 Å². The maximum Gasteiger partial charge on any atom is 0.418 e. The minimum Gasteiger partial charge on any atom is -0.382 e. The Balaban J connectivity index is 1.57. The van der Waals surface area contributed by atoms with Crippen molar-refractivity contribution in [1.82, 2.24) is 24.8 Å². The second-order valence-corrected chi connectivity index (χ2v) is 9.75. The first-order valence-corrected chi connectivity index (χ1v) is 11.7. The molecule has 10 nitrogen and oxygen atoms in total. The highest BCUT2D eigenvalue weighted by Crippen LogP contribution is 2.41. The third kappa shape index (κ3) is 4.53. The Morgan fingerprint density at radius 3 is 2.75 bits per heavy atom. The van der Waals surface area contributed by atoms with E-state index in [9.17, 15) is 23.1 Å². The first-order chi connectivity index (χ1) is 17.0. The Labute approximate surface area is 208 Å². The molecule has 1 saturated heterocycles. The van der Waals surface area contributed by atoms with Crippen molar-refractivity contribution < 1.29 is 23.1 Å². The number of nitrogens with zero attached hydrogens (tertiary/aromatic N) is 5. The zero-order valence-corrected chi connectivity index (χ0v) is 19.7. The van der Waals surface area contributed by atoms with Crippen molar-refractivity contribution >= 4 is 40.2 Å². The Bertz CT molecular complexity index is 1330. The molecule has 1 aliphatic carbocycles. The van der Waals surface area contributed by atoms with Gasteiger partial charge in [-0.25, -0.2) is 15.0 Å². The van der Waals surface area contributed by atoms with Crippen molar-refractivity contribution in [2.24, 2.45) is 5.73 Å². The minimum absolute atomic E-state index is 0.00561. The molecule has 0 bridgehead atoms. The van der Waals surface area contributed by atoms with Crippen LogP contribution in [0.15, 0.2) is 24.8 Å². The number of halogens is 4. The van der Waals surface area contributed by atoms with E-state index in [1.165, 1.54) is 23.3 Å². The fourth-order valence-corrected chi connectivity index (χ4v) is 4.70. The summed E-state index contributed by atoms with van der Waals surface area (Å²) in [6, 6.07) is 2.72. The molecule has 36 heavy (non-hydrogen) atoms. The van der Waals surface area contributed by atoms with Crippen molar-refractivity contribution in [3.63, 3.8) is 0 Å². The SMILES string of the molecule is Nc1ncnc2c1ncn2Cc1c([C@@H](O)C(F)(F)F)cc(Cl)cc1N1CCC(N)(C(=O)NC2CC2)C1. The van der Waals surface area contributed by atoms with Crippen LogP contribution in [0.1, 0.15) is 36.5 Å². The molecule has 0 spiro atoms. The van der Waals surface area contributed by atoms with Gasteiger partial charge in [0.05, 0.1) is 12.9 Å². The molecule has 2 fully saturated rings. The number of rotatable bonds is 6. The molecule has 6 N–H and O–H groups in total. The number of anilines is 2. The van der Waals surface area contributed by atoms with Crippen LogP contribution in [0.2, 0.25) is 5.02 Å². The van der Waals surface area contributed by atoms with Gasteiger partial charge < -0.3 is 31.4 Å². The van der Waals surface area contributed by atoms with Crippen LogP contribution >= 0.6 is 11.6 Å². The molecule has 1 unspecified atom stereocenters. The maximum atomic E-state index is 13.7. The average molecular weight is 525 g/mol. The molecule has 192 valence electrons. The van der Waals surface area contributed by atoms with E-state index in [2.05, 4.69) is 20.3 Å². The smallest absolute Gasteiger partial charge is 0.382 e. The minimum atomic E-state index is -4.94. The van der Waals surface area contributed by atoms with E-state index in [1.54, 1.807) is 4.90 Å². The van der Waals surface area contributed by atoms with Gasteiger partial charge in [-0.2, -0.15) is 13.2 Å². The summed E-state index contributed by atoms with van der Waals surface area (Å²) >= 11 is 6.23. The van der Waals surface area contributed by atoms with E-state index in [0.717, 1.165) is 18.9 Å². The first-order valence-electron chi connectivity index (χ1n) is 11.3. The fourth-order valence-electron chi connectivity index (χ4n) is 4.48. The van der Waals surface area contributed by atoms with Crippen molar-refractivity contribution in [2.75, 3.05) is 23.7 Å². The number of aromatic nitrogens is 4. The normalized spacial score (nSPS) is 21.2. The largest absolute Gasteiger partial charge is 0.418 e. The molecule has 2 aliphatic rings. The molecule has 2 aromatic heterocycles. The van der Waals surface area contributed by atoms with Crippen molar-refractivity contribution in [3.05, 3.63) is 40.9 Å². The molecule has 1 aromatic carbocycles. The summed E-state index contributed by atoms with van der Waals surface area (Å²) in [6.45, 7) is 0.244. The van der Waals surface area contributed by atoms with Crippen molar-refractivity contribution in [3.8, 4) is 0 Å². The van der Waals surface area contributed by atoms with Gasteiger partial charge in [-0.3, -0.25) is 4.79 Å². The number of aliphatic hydroxyl groups excluding tert-OH is 1. The number of fused-ring (bicyclic) bond motifs is 1. The highest BCUT2D eigenvalue weighted by molar-refractivity contribution is 6.31. The molecule has 14 heteroatoms. The van der Waals surface area contributed by atoms with Crippen LogP contribution in [0.25, 0.3) is 11.2 Å². The van der Waals surface area contributed by atoms with Gasteiger partial charge in [0.25, 0.3) is 0 Å². The summed E-state index contributed by atoms with van der Waals surface area (Å²) in [5, 5.41) is 13.2. The summed E-state index contributed by atoms with van der Waals surface area (Å²) in [5.41, 5.74) is 11.7. The zero-order valence-electron chi connectivity index (χ0n) is 19.0. The molecule has 1 saturated carbocycles. The second-order valence-electron chi connectivity index (χ2n) is 9.32. The Hall–Kier alpha value is -3.16. The topological polar surface area (TPSA) is 148 Å². The number of nitrogens with one attached hydrogen (secondary N) is 1. The van der Waals surface area contributed by atoms with Crippen LogP contribution in [0.4, 0.5) is 24.7 Å². The van der Waals surface area contributed by atoms with E-state index < -0.39 is 23.4 Å². The molecular weight excluding hydrogens is 501 g/mol. The molecule has 3 aromatic rings. The number of amides is 1. The fraction of sp³-hybridized carbons (Fsp3) is 0.455. The molecule has 3 heterocycles. The van der Waals surface area contributed by atoms with Gasteiger partial charge >= 0.3 is 6.18 Å². The van der Waals surface area contributed by atoms with Crippen LogP contribution in [0.5, 0.6) is 0 Å². The van der Waals surface area contributed by atoms with E-state index in [4.69, 9.17) is 23.1 Å². The van der Waals surface area contributed by atoms with Crippen LogP contribution in [-0.4, -0.2) is 61.4 Å². The van der Waals surface area contributed by atoms with Crippen LogP contribution in [0, 0.1) is 0 Å². The highest BCUT2D eigenvalue weighted by atomic mass is 35.5. The summed E-state index contributed by atoms with van der Waals surface area (Å²) in [6.07, 6.45) is -3.02. The van der Waals surface area contributed by atoms with Gasteiger partial charge in [0.1, 0.15) is 17.4 Å². The molecule has 0 radical (unpaired) electrons. The van der Waals surface area contributed by atoms with Gasteiger partial charge in [-0.15, -0.1) is 0 Å². The average Bonchev–Trinajstić information content (AvgIpc) is 3.38. The van der Waals surface area contributed by atoms with E-state index in [0.29, 0.717) is 29.8 Å². The molecule has 1 aliphatic heterocycles. The molecular formula is C22H24ClF3N8O2. The number of nitrogen functional groups attached to an aromatic ring is 1. The lowest BCUT2D eigenvalue weighted by Crippen LogP contribution is -2.56. The number of benzene rings is 1. The summed E-state index contributed by atoms with van der Waals surface area (Å²) in [4.78, 5) is 26.7. The number of carbonyl (C=O) groups is 1. The summed E-state index contributed by atoms with van der Waals surface area (Å²) in [7, 11) is 0. The number of aliphatic hydroxyl groups is 1. The summed E-state index contributed by atoms with van der Waals surface area (Å²) in [5.74, 6) is -0.167. The Morgan fingerprint density at radius 2 is 2.06 bits per heavy atom. The van der Waals surface area contributed by atoms with Gasteiger partial charge in [0.2, 0.25) is 5.91 Å². The standard InChI is InChI=1S/C22H24ClF3N8O2/c23-11-5-13(17(35)22(24,25)26)14(7-34-10-31-16-18(27)29-9-30-19(16)34)15(6-11)33-4-3-21(28,8-33)20(36)32-12-1-2-12/h5-6,9-10,12,17,35H,1-4,7-8,28H2,(H,32,36)(H2,27,29,30)/t17-,21?/m1/s1. The van der Waals surface area contributed by atoms with Gasteiger partial charge in [0, 0.05) is 35.4 Å². The third-order valence-corrected chi connectivity index (χ3v) is 6.81. The predicted molar refractivity (Wildman–Crippen MR) is 126 cm³/mol. The number of carbonyl (C=O) groups excluding carboxylic acids is 1. The van der Waals surface area contributed by atoms with Crippen molar-refractivity contribution in [1.29, 1.82) is 0 Å². The summed E-state index contributed by atoms with van der Waals surface area (Å²) < 4.78 is 42.5. The van der Waals surface area contributed by atoms with Crippen LogP contribution in [-0.2, 0) is 11.3 Å². The second kappa shape index (κ2) is 8.75. The lowest BCUT2D eigenvalue weighted by atomic mass is 9.98. The monoisotopic (exact) mass is 524 g/mol. The quantitative estimate of drug-likeness (QED) is 0.382. The van der Waals surface area contributed by atoms with Crippen molar-refractivity contribution in [2.45, 2.75) is 49.7 Å². The van der Waals surface area contributed by atoms with E-state index in [1.807, 2.05) is 0 Å². The number of hydrogen-bond donors (Lipinski definition) is 4. The van der Waals surface area contributed by atoms with E-state index in [-0.39, 0.29) is 41.4 Å². The van der Waals surface area contributed by atoms with Gasteiger partial charge in [0.15, 0.2) is 17.6 Å². The number of nitrogens with two attached hydrogens (primary N) is 2. The van der Waals surface area contributed by atoms with E-state index >= 15 is 0 Å². The first kappa shape index (κ1) is 24.5. The lowest BCUT2D eigenvalue weighted by Gasteiger charge is -2.29. The number of imidazole rings is 1.